The molecule has 2 nitrogen and oxygen atoms in total. The summed E-state index contributed by atoms with van der Waals surface area (Å²) in [6.45, 7) is 0. The second-order valence-corrected chi connectivity index (χ2v) is 5.41. The Bertz CT molecular complexity index is 399. The minimum atomic E-state index is 0.377. The van der Waals surface area contributed by atoms with Crippen molar-refractivity contribution >= 4 is 6.29 Å². The first-order valence-electron chi connectivity index (χ1n) is 5.80. The third kappa shape index (κ3) is 1.16. The fourth-order valence-corrected chi connectivity index (χ4v) is 3.64. The molecule has 16 heavy (non-hydrogen) atoms. The molecule has 0 atom stereocenters. The van der Waals surface area contributed by atoms with Gasteiger partial charge in [0.15, 0.2) is 0 Å². The Hall–Kier alpha value is -1.31. The molecule has 2 heteroatoms. The van der Waals surface area contributed by atoms with Gasteiger partial charge in [0.25, 0.3) is 0 Å². The van der Waals surface area contributed by atoms with E-state index in [4.69, 9.17) is 4.74 Å². The maximum Gasteiger partial charge on any atom is 0.120 e. The zero-order valence-electron chi connectivity index (χ0n) is 9.53. The lowest BCUT2D eigenvalue weighted by Crippen LogP contribution is -2.64. The van der Waals surface area contributed by atoms with Gasteiger partial charge in [0.05, 0.1) is 7.11 Å². The fourth-order valence-electron chi connectivity index (χ4n) is 3.64. The molecule has 4 rings (SSSR count). The molecule has 0 aromatic heterocycles. The standard InChI is InChI=1S/C14H16O2/c1-16-12-4-2-11(3-5-12)14-8-13(9-14,10-14)6-7-15/h2-5,7H,6,8-10H2,1H3. The molecule has 84 valence electrons. The number of hydrogen-bond donors (Lipinski definition) is 0. The van der Waals surface area contributed by atoms with Crippen molar-refractivity contribution in [1.82, 2.24) is 0 Å². The minimum absolute atomic E-state index is 0.377. The van der Waals surface area contributed by atoms with Crippen molar-refractivity contribution in [2.75, 3.05) is 7.11 Å². The predicted octanol–water partition coefficient (Wildman–Crippen LogP) is 2.71. The summed E-state index contributed by atoms with van der Waals surface area (Å²) < 4.78 is 5.16. The highest BCUT2D eigenvalue weighted by molar-refractivity contribution is 5.55. The van der Waals surface area contributed by atoms with Crippen LogP contribution in [0, 0.1) is 5.41 Å². The number of hydrogen-bond acceptors (Lipinski definition) is 2. The molecule has 0 amide bonds. The van der Waals surface area contributed by atoms with Crippen molar-refractivity contribution in [1.29, 1.82) is 0 Å². The van der Waals surface area contributed by atoms with Gasteiger partial charge in [-0.2, -0.15) is 0 Å². The van der Waals surface area contributed by atoms with E-state index in [0.717, 1.165) is 18.5 Å². The van der Waals surface area contributed by atoms with Crippen molar-refractivity contribution < 1.29 is 9.53 Å². The van der Waals surface area contributed by atoms with Crippen molar-refractivity contribution in [2.24, 2.45) is 5.41 Å². The summed E-state index contributed by atoms with van der Waals surface area (Å²) >= 11 is 0. The van der Waals surface area contributed by atoms with Crippen LogP contribution in [0.4, 0.5) is 0 Å². The first-order valence-corrected chi connectivity index (χ1v) is 5.80. The number of methoxy groups -OCH3 is 1. The van der Waals surface area contributed by atoms with Crippen LogP contribution in [0.5, 0.6) is 5.75 Å². The van der Waals surface area contributed by atoms with Crippen molar-refractivity contribution in [3.63, 3.8) is 0 Å². The summed E-state index contributed by atoms with van der Waals surface area (Å²) in [7, 11) is 1.69. The predicted molar refractivity (Wildman–Crippen MR) is 61.6 cm³/mol. The summed E-state index contributed by atoms with van der Waals surface area (Å²) in [6.07, 6.45) is 5.43. The van der Waals surface area contributed by atoms with Crippen LogP contribution in [0.2, 0.25) is 0 Å². The second-order valence-electron chi connectivity index (χ2n) is 5.41. The monoisotopic (exact) mass is 216 g/mol. The van der Waals surface area contributed by atoms with Gasteiger partial charge >= 0.3 is 0 Å². The third-order valence-corrected chi connectivity index (χ3v) is 4.36. The van der Waals surface area contributed by atoms with Crippen LogP contribution in [0.15, 0.2) is 24.3 Å². The summed E-state index contributed by atoms with van der Waals surface area (Å²) in [4.78, 5) is 10.5. The minimum Gasteiger partial charge on any atom is -0.497 e. The molecule has 2 bridgehead atoms. The van der Waals surface area contributed by atoms with Crippen LogP contribution in [-0.4, -0.2) is 13.4 Å². The van der Waals surface area contributed by atoms with Gasteiger partial charge in [-0.15, -0.1) is 0 Å². The molecule has 3 saturated carbocycles. The molecule has 0 saturated heterocycles. The van der Waals surface area contributed by atoms with Gasteiger partial charge in [0.2, 0.25) is 0 Å². The molecule has 0 N–H and O–H groups in total. The van der Waals surface area contributed by atoms with Crippen molar-refractivity contribution in [3.05, 3.63) is 29.8 Å². The topological polar surface area (TPSA) is 26.3 Å². The maximum atomic E-state index is 10.5. The van der Waals surface area contributed by atoms with Crippen molar-refractivity contribution in [2.45, 2.75) is 31.1 Å². The number of rotatable bonds is 4. The van der Waals surface area contributed by atoms with Crippen molar-refractivity contribution in [3.8, 4) is 5.75 Å². The molecule has 0 heterocycles. The van der Waals surface area contributed by atoms with Crippen LogP contribution in [0.25, 0.3) is 0 Å². The molecule has 0 aliphatic heterocycles. The molecule has 3 fully saturated rings. The highest BCUT2D eigenvalue weighted by Crippen LogP contribution is 2.74. The summed E-state index contributed by atoms with van der Waals surface area (Å²) in [6, 6.07) is 8.40. The van der Waals surface area contributed by atoms with Crippen LogP contribution >= 0.6 is 0 Å². The Kier molecular flexibility index (Phi) is 1.91. The zero-order chi connectivity index (χ0) is 11.2. The van der Waals surface area contributed by atoms with E-state index in [9.17, 15) is 4.79 Å². The van der Waals surface area contributed by atoms with Gasteiger partial charge in [0.1, 0.15) is 12.0 Å². The smallest absolute Gasteiger partial charge is 0.120 e. The third-order valence-electron chi connectivity index (χ3n) is 4.36. The van der Waals surface area contributed by atoms with E-state index in [1.54, 1.807) is 7.11 Å². The van der Waals surface area contributed by atoms with Crippen LogP contribution < -0.4 is 4.74 Å². The van der Waals surface area contributed by atoms with Gasteiger partial charge in [-0.3, -0.25) is 0 Å². The maximum absolute atomic E-state index is 10.5. The summed E-state index contributed by atoms with van der Waals surface area (Å²) in [5.74, 6) is 0.915. The fraction of sp³-hybridized carbons (Fsp3) is 0.500. The SMILES string of the molecule is COc1ccc(C23CC(CC=O)(C2)C3)cc1. The Morgan fingerprint density at radius 2 is 1.88 bits per heavy atom. The van der Waals surface area contributed by atoms with Gasteiger partial charge in [-0.25, -0.2) is 0 Å². The Morgan fingerprint density at radius 3 is 2.38 bits per heavy atom. The second kappa shape index (κ2) is 3.09. The molecule has 0 spiro atoms. The first kappa shape index (κ1) is 9.88. The molecule has 1 aromatic carbocycles. The highest BCUT2D eigenvalue weighted by atomic mass is 16.5. The van der Waals surface area contributed by atoms with Gasteiger partial charge in [-0.1, -0.05) is 12.1 Å². The Labute approximate surface area is 95.6 Å². The van der Waals surface area contributed by atoms with Crippen LogP contribution in [0.1, 0.15) is 31.2 Å². The summed E-state index contributed by atoms with van der Waals surface area (Å²) in [5, 5.41) is 0. The van der Waals surface area contributed by atoms with E-state index in [1.165, 1.54) is 24.8 Å². The average molecular weight is 216 g/mol. The number of carbonyl (C=O) groups is 1. The molecule has 3 aliphatic carbocycles. The van der Waals surface area contributed by atoms with E-state index in [1.807, 2.05) is 12.1 Å². The van der Waals surface area contributed by atoms with Gasteiger partial charge in [-0.05, 0) is 47.8 Å². The first-order chi connectivity index (χ1) is 7.72. The largest absolute Gasteiger partial charge is 0.497 e. The molecular weight excluding hydrogens is 200 g/mol. The molecule has 1 aromatic rings. The Morgan fingerprint density at radius 1 is 1.25 bits per heavy atom. The quantitative estimate of drug-likeness (QED) is 0.723. The summed E-state index contributed by atoms with van der Waals surface area (Å²) in [5.41, 5.74) is 2.19. The van der Waals surface area contributed by atoms with Crippen LogP contribution in [0.3, 0.4) is 0 Å². The molecule has 0 unspecified atom stereocenters. The van der Waals surface area contributed by atoms with E-state index < -0.39 is 0 Å². The number of benzene rings is 1. The average Bonchev–Trinajstić information content (AvgIpc) is 2.22. The lowest BCUT2D eigenvalue weighted by atomic mass is 9.33. The van der Waals surface area contributed by atoms with Gasteiger partial charge in [0, 0.05) is 6.42 Å². The van der Waals surface area contributed by atoms with E-state index in [0.29, 0.717) is 10.8 Å². The number of aldehydes is 1. The van der Waals surface area contributed by atoms with E-state index >= 15 is 0 Å². The lowest BCUT2D eigenvalue weighted by Gasteiger charge is -2.71. The van der Waals surface area contributed by atoms with Gasteiger partial charge < -0.3 is 9.53 Å². The number of carbonyl (C=O) groups excluding carboxylic acids is 1. The number of ether oxygens (including phenoxy) is 1. The highest BCUT2D eigenvalue weighted by Gasteiger charge is 2.67. The van der Waals surface area contributed by atoms with E-state index in [2.05, 4.69) is 12.1 Å². The Balaban J connectivity index is 1.74. The molecule has 0 radical (unpaired) electrons. The lowest BCUT2D eigenvalue weighted by molar-refractivity contribution is -0.151. The molecular formula is C14H16O2. The van der Waals surface area contributed by atoms with Crippen LogP contribution in [-0.2, 0) is 10.2 Å². The molecule has 3 aliphatic rings. The van der Waals surface area contributed by atoms with E-state index in [-0.39, 0.29) is 0 Å². The normalized spacial score (nSPS) is 34.8. The zero-order valence-corrected chi connectivity index (χ0v) is 9.53.